The number of H-pyrrole nitrogens is 1. The van der Waals surface area contributed by atoms with Crippen LogP contribution in [0, 0.1) is 8.99 Å². The number of phenolic OH excluding ortho intramolecular Hbond substituents is 1. The molecule has 3 aliphatic carbocycles. The Morgan fingerprint density at radius 3 is 2.43 bits per heavy atom. The molecule has 3 fully saturated rings. The first-order chi connectivity index (χ1) is 17.7. The first-order valence-corrected chi connectivity index (χ1v) is 14.2. The molecule has 3 saturated carbocycles. The van der Waals surface area contributed by atoms with Crippen molar-refractivity contribution in [1.29, 1.82) is 0 Å². The van der Waals surface area contributed by atoms with E-state index in [0.717, 1.165) is 59.9 Å². The Morgan fingerprint density at radius 1 is 1.11 bits per heavy atom. The smallest absolute Gasteiger partial charge is 0.332 e. The molecule has 3 aliphatic rings. The van der Waals surface area contributed by atoms with Crippen molar-refractivity contribution in [3.63, 3.8) is 0 Å². The van der Waals surface area contributed by atoms with E-state index >= 15 is 0 Å². The number of hydrogen-bond donors (Lipinski definition) is 3. The molecule has 0 spiro atoms. The summed E-state index contributed by atoms with van der Waals surface area (Å²) in [7, 11) is 0. The molecule has 6 rings (SSSR count). The van der Waals surface area contributed by atoms with Gasteiger partial charge in [0.15, 0.2) is 5.65 Å². The summed E-state index contributed by atoms with van der Waals surface area (Å²) in [5.41, 5.74) is 1.05. The number of nitrogens with zero attached hydrogens (tertiary/aromatic N) is 3. The van der Waals surface area contributed by atoms with Crippen LogP contribution < -0.4 is 11.2 Å². The van der Waals surface area contributed by atoms with Crippen LogP contribution in [0.25, 0.3) is 11.2 Å². The molecule has 0 aliphatic heterocycles. The van der Waals surface area contributed by atoms with Gasteiger partial charge in [-0.25, -0.2) is 9.78 Å². The topological polar surface area (TPSA) is 130 Å². The van der Waals surface area contributed by atoms with Crippen molar-refractivity contribution in [2.45, 2.75) is 89.6 Å². The second kappa shape index (κ2) is 9.92. The predicted octanol–water partition coefficient (Wildman–Crippen LogP) is 4.31. The van der Waals surface area contributed by atoms with Gasteiger partial charge in [-0.3, -0.25) is 18.7 Å². The monoisotopic (exact) mass is 620 g/mol. The average Bonchev–Trinajstić information content (AvgIpc) is 3.35. The lowest BCUT2D eigenvalue weighted by molar-refractivity contribution is -0.138. The van der Waals surface area contributed by atoms with E-state index in [9.17, 15) is 19.5 Å². The minimum atomic E-state index is -0.739. The summed E-state index contributed by atoms with van der Waals surface area (Å²) in [5.74, 6) is 0.272. The highest BCUT2D eigenvalue weighted by atomic mass is 127. The quantitative estimate of drug-likeness (QED) is 0.306. The summed E-state index contributed by atoms with van der Waals surface area (Å²) in [4.78, 5) is 46.2. The molecule has 198 valence electrons. The van der Waals surface area contributed by atoms with Gasteiger partial charge >= 0.3 is 11.7 Å². The minimum Gasteiger partial charge on any atom is -0.507 e. The molecule has 0 atom stereocenters. The number of carboxylic acids is 1. The normalized spacial score (nSPS) is 23.1. The Kier molecular flexibility index (Phi) is 6.97. The van der Waals surface area contributed by atoms with Gasteiger partial charge in [-0.15, -0.1) is 0 Å². The molecule has 37 heavy (non-hydrogen) atoms. The van der Waals surface area contributed by atoms with Crippen LogP contribution >= 0.6 is 22.6 Å². The SMILES string of the molecule is CCCn1c(=O)c2[nH]c(C34CCC(CCC(=O)O)(CC3)CC4)nc2n(CCc2ccc(O)c(I)c2)c1=O. The summed E-state index contributed by atoms with van der Waals surface area (Å²) >= 11 is 2.08. The number of aromatic hydroxyl groups is 1. The Morgan fingerprint density at radius 2 is 1.81 bits per heavy atom. The van der Waals surface area contributed by atoms with Gasteiger partial charge in [-0.2, -0.15) is 0 Å². The Labute approximate surface area is 228 Å². The summed E-state index contributed by atoms with van der Waals surface area (Å²) < 4.78 is 3.67. The number of hydrogen-bond acceptors (Lipinski definition) is 5. The van der Waals surface area contributed by atoms with E-state index in [1.165, 1.54) is 4.57 Å². The van der Waals surface area contributed by atoms with Crippen LogP contribution in [-0.4, -0.2) is 35.3 Å². The highest BCUT2D eigenvalue weighted by Crippen LogP contribution is 2.59. The largest absolute Gasteiger partial charge is 0.507 e. The van der Waals surface area contributed by atoms with Crippen molar-refractivity contribution in [1.82, 2.24) is 19.1 Å². The molecule has 2 heterocycles. The number of benzene rings is 1. The van der Waals surface area contributed by atoms with Crippen molar-refractivity contribution >= 4 is 39.7 Å². The minimum absolute atomic E-state index is 0.101. The van der Waals surface area contributed by atoms with E-state index in [2.05, 4.69) is 27.6 Å². The molecule has 2 bridgehead atoms. The number of rotatable bonds is 9. The molecule has 0 amide bonds. The van der Waals surface area contributed by atoms with Crippen LogP contribution in [0.1, 0.15) is 76.1 Å². The standard InChI is InChI=1S/C27H33IN4O5/c1-2-14-32-23(36)21-22(31(25(32)37)15-6-17-3-4-19(33)18(28)16-17)30-24(29-21)27-11-8-26(9-12-27,10-13-27)7-5-20(34)35/h3-4,16,33H,2,5-15H2,1H3,(H,29,30)(H,34,35). The molecule has 0 saturated heterocycles. The second-order valence-electron chi connectivity index (χ2n) is 10.9. The molecule has 9 nitrogen and oxygen atoms in total. The van der Waals surface area contributed by atoms with Gasteiger partial charge < -0.3 is 15.2 Å². The number of aromatic amines is 1. The van der Waals surface area contributed by atoms with Crippen molar-refractivity contribution in [2.24, 2.45) is 5.41 Å². The molecule has 3 N–H and O–H groups in total. The lowest BCUT2D eigenvalue weighted by Crippen LogP contribution is -2.45. The van der Waals surface area contributed by atoms with Crippen LogP contribution in [0.5, 0.6) is 5.75 Å². The number of aliphatic carboxylic acids is 1. The second-order valence-corrected chi connectivity index (χ2v) is 12.0. The number of carbonyl (C=O) groups is 1. The van der Waals surface area contributed by atoms with E-state index in [1.807, 2.05) is 19.1 Å². The van der Waals surface area contributed by atoms with E-state index in [1.54, 1.807) is 10.6 Å². The zero-order valence-electron chi connectivity index (χ0n) is 21.1. The molecule has 0 radical (unpaired) electrons. The van der Waals surface area contributed by atoms with Crippen molar-refractivity contribution in [2.75, 3.05) is 0 Å². The molecule has 2 aromatic heterocycles. The van der Waals surface area contributed by atoms with Crippen LogP contribution in [0.2, 0.25) is 0 Å². The van der Waals surface area contributed by atoms with Gasteiger partial charge in [0.05, 0.1) is 3.57 Å². The van der Waals surface area contributed by atoms with E-state index in [-0.39, 0.29) is 34.2 Å². The maximum Gasteiger partial charge on any atom is 0.332 e. The first-order valence-electron chi connectivity index (χ1n) is 13.1. The van der Waals surface area contributed by atoms with Gasteiger partial charge in [0.1, 0.15) is 17.1 Å². The third kappa shape index (κ3) is 4.72. The molecule has 10 heteroatoms. The fourth-order valence-corrected chi connectivity index (χ4v) is 6.93. The van der Waals surface area contributed by atoms with Crippen LogP contribution in [0.4, 0.5) is 0 Å². The number of aromatic nitrogens is 4. The van der Waals surface area contributed by atoms with Gasteiger partial charge in [0.25, 0.3) is 5.56 Å². The molecular weight excluding hydrogens is 587 g/mol. The van der Waals surface area contributed by atoms with E-state index < -0.39 is 5.97 Å². The zero-order valence-corrected chi connectivity index (χ0v) is 23.2. The number of imidazole rings is 1. The van der Waals surface area contributed by atoms with E-state index in [0.29, 0.717) is 37.1 Å². The van der Waals surface area contributed by atoms with Crippen LogP contribution in [0.15, 0.2) is 27.8 Å². The fourth-order valence-electron chi connectivity index (χ4n) is 6.35. The van der Waals surface area contributed by atoms with Gasteiger partial charge in [-0.05, 0) is 103 Å². The number of carboxylic acid groups (broad SMARTS) is 1. The number of fused-ring (bicyclic) bond motifs is 4. The van der Waals surface area contributed by atoms with Gasteiger partial charge in [-0.1, -0.05) is 13.0 Å². The highest BCUT2D eigenvalue weighted by molar-refractivity contribution is 14.1. The van der Waals surface area contributed by atoms with E-state index in [4.69, 9.17) is 10.1 Å². The Bertz CT molecular complexity index is 1450. The average molecular weight is 620 g/mol. The third-order valence-electron chi connectivity index (χ3n) is 8.72. The Hall–Kier alpha value is -2.63. The summed E-state index contributed by atoms with van der Waals surface area (Å²) in [5, 5.41) is 19.0. The molecular formula is C27H33IN4O5. The van der Waals surface area contributed by atoms with Gasteiger partial charge in [0, 0.05) is 24.9 Å². The lowest BCUT2D eigenvalue weighted by Gasteiger charge is -2.52. The highest BCUT2D eigenvalue weighted by Gasteiger charge is 2.50. The van der Waals surface area contributed by atoms with Crippen molar-refractivity contribution in [3.05, 3.63) is 54.0 Å². The summed E-state index contributed by atoms with van der Waals surface area (Å²) in [6, 6.07) is 5.40. The molecule has 3 aromatic rings. The fraction of sp³-hybridized carbons (Fsp3) is 0.556. The lowest BCUT2D eigenvalue weighted by atomic mass is 9.52. The predicted molar refractivity (Wildman–Crippen MR) is 148 cm³/mol. The van der Waals surface area contributed by atoms with Gasteiger partial charge in [0.2, 0.25) is 0 Å². The van der Waals surface area contributed by atoms with Crippen LogP contribution in [-0.2, 0) is 29.7 Å². The van der Waals surface area contributed by atoms with Crippen LogP contribution in [0.3, 0.4) is 0 Å². The zero-order chi connectivity index (χ0) is 26.4. The Balaban J connectivity index is 1.50. The third-order valence-corrected chi connectivity index (χ3v) is 9.58. The van der Waals surface area contributed by atoms with Crippen molar-refractivity contribution < 1.29 is 15.0 Å². The summed E-state index contributed by atoms with van der Waals surface area (Å²) in [6.07, 6.45) is 7.77. The number of aryl methyl sites for hydroxylation is 2. The molecule has 0 unspecified atom stereocenters. The first kappa shape index (κ1) is 26.0. The summed E-state index contributed by atoms with van der Waals surface area (Å²) in [6.45, 7) is 2.66. The molecule has 1 aromatic carbocycles. The number of phenols is 1. The van der Waals surface area contributed by atoms with Crippen molar-refractivity contribution in [3.8, 4) is 5.75 Å². The number of nitrogens with one attached hydrogen (secondary N) is 1. The maximum absolute atomic E-state index is 13.4. The maximum atomic E-state index is 13.4. The number of halogens is 1.